The number of hydrogen-bond acceptors (Lipinski definition) is 8. The lowest BCUT2D eigenvalue weighted by Crippen LogP contribution is -2.35. The van der Waals surface area contributed by atoms with Gasteiger partial charge in [-0.25, -0.2) is 19.7 Å². The molecule has 2 aliphatic rings. The van der Waals surface area contributed by atoms with E-state index in [9.17, 15) is 9.59 Å². The number of anilines is 4. The van der Waals surface area contributed by atoms with Gasteiger partial charge in [0, 0.05) is 22.8 Å². The zero-order chi connectivity index (χ0) is 27.6. The maximum atomic E-state index is 13.4. The quantitative estimate of drug-likeness (QED) is 0.238. The first-order valence-electron chi connectivity index (χ1n) is 13.0. The predicted molar refractivity (Wildman–Crippen MR) is 159 cm³/mol. The van der Waals surface area contributed by atoms with Crippen LogP contribution in [0.5, 0.6) is 11.5 Å². The molecule has 1 fully saturated rings. The van der Waals surface area contributed by atoms with Crippen molar-refractivity contribution >= 4 is 72.3 Å². The summed E-state index contributed by atoms with van der Waals surface area (Å²) >= 11 is 4.65. The van der Waals surface area contributed by atoms with E-state index in [0.717, 1.165) is 24.1 Å². The minimum Gasteiger partial charge on any atom is -0.493 e. The number of aromatic nitrogens is 2. The van der Waals surface area contributed by atoms with Gasteiger partial charge in [0.2, 0.25) is 0 Å². The second kappa shape index (κ2) is 11.4. The number of rotatable bonds is 8. The van der Waals surface area contributed by atoms with Crippen molar-refractivity contribution in [3.8, 4) is 11.5 Å². The maximum absolute atomic E-state index is 13.4. The van der Waals surface area contributed by atoms with Gasteiger partial charge in [0.25, 0.3) is 5.91 Å². The van der Waals surface area contributed by atoms with Gasteiger partial charge >= 0.3 is 6.03 Å². The summed E-state index contributed by atoms with van der Waals surface area (Å²) in [5, 5.41) is 6.42. The van der Waals surface area contributed by atoms with Crippen molar-refractivity contribution in [2.75, 3.05) is 48.9 Å². The topological polar surface area (TPSA) is 109 Å². The number of hydrogen-bond donors (Lipinski definition) is 2. The highest BCUT2D eigenvalue weighted by molar-refractivity contribution is 9.10. The van der Waals surface area contributed by atoms with Crippen LogP contribution in [0.1, 0.15) is 28.9 Å². The highest BCUT2D eigenvalue weighted by Crippen LogP contribution is 2.45. The molecule has 12 heteroatoms. The number of thiophene rings is 1. The first-order chi connectivity index (χ1) is 19.5. The summed E-state index contributed by atoms with van der Waals surface area (Å²) in [7, 11) is 1.57. The number of methoxy groups -OCH3 is 1. The van der Waals surface area contributed by atoms with Crippen LogP contribution in [0, 0.1) is 0 Å². The van der Waals surface area contributed by atoms with E-state index in [2.05, 4.69) is 41.4 Å². The number of urea groups is 1. The number of nitrogens with zero attached hydrogens (tertiary/aromatic N) is 4. The Bertz CT molecular complexity index is 1590. The van der Waals surface area contributed by atoms with E-state index >= 15 is 0 Å². The highest BCUT2D eigenvalue weighted by atomic mass is 79.9. The van der Waals surface area contributed by atoms with Crippen molar-refractivity contribution in [3.63, 3.8) is 0 Å². The molecule has 40 heavy (non-hydrogen) atoms. The van der Waals surface area contributed by atoms with Gasteiger partial charge in [0.1, 0.15) is 22.6 Å². The number of piperidine rings is 1. The molecule has 4 heterocycles. The first-order valence-corrected chi connectivity index (χ1v) is 14.6. The largest absolute Gasteiger partial charge is 0.493 e. The second-order valence-corrected chi connectivity index (χ2v) is 11.4. The maximum Gasteiger partial charge on any atom is 0.332 e. The van der Waals surface area contributed by atoms with E-state index in [1.807, 2.05) is 24.3 Å². The Kier molecular flexibility index (Phi) is 7.55. The van der Waals surface area contributed by atoms with Gasteiger partial charge in [0.15, 0.2) is 17.3 Å². The van der Waals surface area contributed by atoms with E-state index in [1.165, 1.54) is 41.8 Å². The summed E-state index contributed by atoms with van der Waals surface area (Å²) in [5.74, 6) is 1.19. The Hall–Kier alpha value is -3.74. The molecule has 0 atom stereocenters. The third-order valence-electron chi connectivity index (χ3n) is 6.92. The average Bonchev–Trinajstić information content (AvgIpc) is 3.34. The molecule has 4 aromatic rings. The van der Waals surface area contributed by atoms with Crippen LogP contribution in [0.2, 0.25) is 0 Å². The fourth-order valence-electron chi connectivity index (χ4n) is 5.00. The molecule has 1 saturated heterocycles. The lowest BCUT2D eigenvalue weighted by Gasteiger charge is -2.27. The fourth-order valence-corrected chi connectivity index (χ4v) is 6.38. The van der Waals surface area contributed by atoms with Gasteiger partial charge in [-0.3, -0.25) is 9.69 Å². The van der Waals surface area contributed by atoms with Crippen LogP contribution in [-0.2, 0) is 0 Å². The second-order valence-electron chi connectivity index (χ2n) is 9.50. The Morgan fingerprint density at radius 2 is 1.98 bits per heavy atom. The van der Waals surface area contributed by atoms with Crippen molar-refractivity contribution in [2.45, 2.75) is 19.3 Å². The molecular weight excluding hydrogens is 596 g/mol. The van der Waals surface area contributed by atoms with Crippen LogP contribution in [0.3, 0.4) is 0 Å². The monoisotopic (exact) mass is 622 g/mol. The van der Waals surface area contributed by atoms with E-state index in [1.54, 1.807) is 25.3 Å². The lowest BCUT2D eigenvalue weighted by atomic mass is 10.1. The van der Waals surface area contributed by atoms with Gasteiger partial charge in [-0.15, -0.1) is 11.3 Å². The number of amides is 3. The van der Waals surface area contributed by atoms with Crippen LogP contribution in [0.4, 0.5) is 27.7 Å². The zero-order valence-electron chi connectivity index (χ0n) is 21.8. The number of benzene rings is 2. The molecule has 2 aromatic heterocycles. The smallest absolute Gasteiger partial charge is 0.332 e. The van der Waals surface area contributed by atoms with Crippen molar-refractivity contribution in [2.24, 2.45) is 0 Å². The van der Waals surface area contributed by atoms with Gasteiger partial charge in [-0.05, 0) is 56.3 Å². The average molecular weight is 624 g/mol. The molecule has 0 bridgehead atoms. The Morgan fingerprint density at radius 3 is 2.77 bits per heavy atom. The number of likely N-dealkylation sites (tertiary alicyclic amines) is 1. The Labute approximate surface area is 243 Å². The molecule has 0 saturated carbocycles. The van der Waals surface area contributed by atoms with Crippen LogP contribution in [0.25, 0.3) is 10.2 Å². The third-order valence-corrected chi connectivity index (χ3v) is 8.51. The summed E-state index contributed by atoms with van der Waals surface area (Å²) in [6, 6.07) is 12.2. The molecular formula is C28H27BrN6O4S. The fraction of sp³-hybridized carbons (Fsp3) is 0.286. The van der Waals surface area contributed by atoms with Crippen LogP contribution in [-0.4, -0.2) is 60.2 Å². The first kappa shape index (κ1) is 26.5. The molecule has 0 aliphatic carbocycles. The van der Waals surface area contributed by atoms with E-state index in [4.69, 9.17) is 9.47 Å². The van der Waals surface area contributed by atoms with Crippen LogP contribution < -0.4 is 25.0 Å². The minimum absolute atomic E-state index is 0.333. The molecule has 0 spiro atoms. The molecule has 3 amide bonds. The molecule has 2 aromatic carbocycles. The SMILES string of the molecule is COc1cc(NC(=O)c2sc3ncnc4c3c2NC(=O)N4c2cccc(Br)c2)ccc1OCCN1CCCCC1. The van der Waals surface area contributed by atoms with Gasteiger partial charge < -0.3 is 20.1 Å². The molecule has 0 radical (unpaired) electrons. The number of nitrogens with one attached hydrogen (secondary N) is 2. The molecule has 10 nitrogen and oxygen atoms in total. The van der Waals surface area contributed by atoms with Crippen LogP contribution >= 0.6 is 27.3 Å². The summed E-state index contributed by atoms with van der Waals surface area (Å²) in [4.78, 5) is 40.2. The van der Waals surface area contributed by atoms with Crippen molar-refractivity contribution in [1.29, 1.82) is 0 Å². The van der Waals surface area contributed by atoms with Gasteiger partial charge in [-0.2, -0.15) is 0 Å². The molecule has 0 unspecified atom stereocenters. The molecule has 6 rings (SSSR count). The molecule has 2 aliphatic heterocycles. The summed E-state index contributed by atoms with van der Waals surface area (Å²) < 4.78 is 12.4. The van der Waals surface area contributed by atoms with Crippen molar-refractivity contribution in [3.05, 3.63) is 58.1 Å². The van der Waals surface area contributed by atoms with Crippen molar-refractivity contribution < 1.29 is 19.1 Å². The summed E-state index contributed by atoms with van der Waals surface area (Å²) in [6.07, 6.45) is 5.17. The predicted octanol–water partition coefficient (Wildman–Crippen LogP) is 6.26. The number of carbonyl (C=O) groups excluding carboxylic acids is 2. The van der Waals surface area contributed by atoms with Gasteiger partial charge in [-0.1, -0.05) is 28.4 Å². The number of halogens is 1. The highest BCUT2D eigenvalue weighted by Gasteiger charge is 2.34. The van der Waals surface area contributed by atoms with E-state index < -0.39 is 6.03 Å². The molecule has 2 N–H and O–H groups in total. The minimum atomic E-state index is -0.411. The Balaban J connectivity index is 1.22. The van der Waals surface area contributed by atoms with E-state index in [-0.39, 0.29) is 5.91 Å². The van der Waals surface area contributed by atoms with Crippen molar-refractivity contribution in [1.82, 2.24) is 14.9 Å². The normalized spacial score (nSPS) is 15.2. The van der Waals surface area contributed by atoms with Gasteiger partial charge in [0.05, 0.1) is 23.9 Å². The number of ether oxygens (including phenoxy) is 2. The third kappa shape index (κ3) is 5.21. The summed E-state index contributed by atoms with van der Waals surface area (Å²) in [6.45, 7) is 3.65. The van der Waals surface area contributed by atoms with Crippen LogP contribution in [0.15, 0.2) is 53.3 Å². The van der Waals surface area contributed by atoms with E-state index in [0.29, 0.717) is 56.1 Å². The Morgan fingerprint density at radius 1 is 1.12 bits per heavy atom. The molecule has 206 valence electrons. The zero-order valence-corrected chi connectivity index (χ0v) is 24.2. The number of carbonyl (C=O) groups is 2. The lowest BCUT2D eigenvalue weighted by molar-refractivity contribution is 0.103. The summed E-state index contributed by atoms with van der Waals surface area (Å²) in [5.41, 5.74) is 1.58. The standard InChI is InChI=1S/C28H27BrN6O4S/c1-38-21-15-18(8-9-20(21)39-13-12-34-10-3-2-4-11-34)32-26(36)24-23-22-25(30-16-31-27(22)40-24)35(28(37)33-23)19-7-5-6-17(29)14-19/h5-9,14-16H,2-4,10-13H2,1H3,(H,32,36)(H,33,37).